The standard InChI is InChI=1S/C19H29N7O/c1-24-17-16(13-23-24)18(22-14-21-17)26-10-5-15(6-11-26)19(27)20-7-12-25-8-3-2-4-9-25/h13-15H,2-12H2,1H3,(H,20,27). The lowest BCUT2D eigenvalue weighted by atomic mass is 9.96. The first kappa shape index (κ1) is 18.2. The second-order valence-electron chi connectivity index (χ2n) is 7.66. The Balaban J connectivity index is 1.27. The number of piperidine rings is 2. The van der Waals surface area contributed by atoms with E-state index in [1.807, 2.05) is 13.2 Å². The van der Waals surface area contributed by atoms with E-state index in [0.717, 1.165) is 55.9 Å². The van der Waals surface area contributed by atoms with Gasteiger partial charge in [0, 0.05) is 39.1 Å². The Kier molecular flexibility index (Phi) is 5.52. The van der Waals surface area contributed by atoms with Crippen LogP contribution in [0.1, 0.15) is 32.1 Å². The number of aryl methyl sites for hydroxylation is 1. The number of fused-ring (bicyclic) bond motifs is 1. The van der Waals surface area contributed by atoms with E-state index in [1.165, 1.54) is 32.4 Å². The van der Waals surface area contributed by atoms with Crippen molar-refractivity contribution in [2.45, 2.75) is 32.1 Å². The van der Waals surface area contributed by atoms with Crippen LogP contribution in [0.4, 0.5) is 5.82 Å². The minimum atomic E-state index is 0.105. The molecule has 4 heterocycles. The fraction of sp³-hybridized carbons (Fsp3) is 0.684. The van der Waals surface area contributed by atoms with E-state index in [9.17, 15) is 4.79 Å². The van der Waals surface area contributed by atoms with Crippen LogP contribution >= 0.6 is 0 Å². The molecule has 1 N–H and O–H groups in total. The van der Waals surface area contributed by atoms with Crippen molar-refractivity contribution >= 4 is 22.8 Å². The zero-order chi connectivity index (χ0) is 18.6. The van der Waals surface area contributed by atoms with Crippen LogP contribution in [-0.2, 0) is 11.8 Å². The molecule has 146 valence electrons. The quantitative estimate of drug-likeness (QED) is 0.850. The van der Waals surface area contributed by atoms with E-state index in [2.05, 4.69) is 30.2 Å². The molecule has 8 heteroatoms. The van der Waals surface area contributed by atoms with Crippen molar-refractivity contribution in [3.05, 3.63) is 12.5 Å². The van der Waals surface area contributed by atoms with Gasteiger partial charge in [-0.05, 0) is 38.8 Å². The van der Waals surface area contributed by atoms with E-state index < -0.39 is 0 Å². The number of nitrogens with zero attached hydrogens (tertiary/aromatic N) is 6. The fourth-order valence-electron chi connectivity index (χ4n) is 4.22. The van der Waals surface area contributed by atoms with Gasteiger partial charge < -0.3 is 15.1 Å². The molecule has 2 aromatic rings. The van der Waals surface area contributed by atoms with Crippen LogP contribution in [0.3, 0.4) is 0 Å². The van der Waals surface area contributed by atoms with Crippen molar-refractivity contribution in [3.63, 3.8) is 0 Å². The van der Waals surface area contributed by atoms with Gasteiger partial charge in [-0.1, -0.05) is 6.42 Å². The highest BCUT2D eigenvalue weighted by Gasteiger charge is 2.26. The highest BCUT2D eigenvalue weighted by atomic mass is 16.1. The van der Waals surface area contributed by atoms with Crippen LogP contribution in [0.15, 0.2) is 12.5 Å². The van der Waals surface area contributed by atoms with E-state index in [-0.39, 0.29) is 11.8 Å². The molecule has 0 aromatic carbocycles. The summed E-state index contributed by atoms with van der Waals surface area (Å²) in [5, 5.41) is 8.41. The Labute approximate surface area is 159 Å². The largest absolute Gasteiger partial charge is 0.356 e. The zero-order valence-electron chi connectivity index (χ0n) is 16.1. The first-order valence-electron chi connectivity index (χ1n) is 10.1. The van der Waals surface area contributed by atoms with Crippen molar-refractivity contribution in [2.24, 2.45) is 13.0 Å². The molecule has 1 amide bonds. The first-order chi connectivity index (χ1) is 13.2. The average Bonchev–Trinajstić information content (AvgIpc) is 3.10. The molecule has 2 saturated heterocycles. The van der Waals surface area contributed by atoms with Gasteiger partial charge in [0.15, 0.2) is 5.65 Å². The lowest BCUT2D eigenvalue weighted by Crippen LogP contribution is -2.43. The maximum Gasteiger partial charge on any atom is 0.223 e. The number of nitrogens with one attached hydrogen (secondary N) is 1. The van der Waals surface area contributed by atoms with Crippen molar-refractivity contribution < 1.29 is 4.79 Å². The fourth-order valence-corrected chi connectivity index (χ4v) is 4.22. The van der Waals surface area contributed by atoms with Gasteiger partial charge in [0.2, 0.25) is 5.91 Å². The van der Waals surface area contributed by atoms with E-state index in [4.69, 9.17) is 0 Å². The summed E-state index contributed by atoms with van der Waals surface area (Å²) in [6.45, 7) is 5.77. The number of carbonyl (C=O) groups is 1. The average molecular weight is 371 g/mol. The Morgan fingerprint density at radius 1 is 1.15 bits per heavy atom. The molecular formula is C19H29N7O. The number of aromatic nitrogens is 4. The van der Waals surface area contributed by atoms with Gasteiger partial charge in [-0.25, -0.2) is 9.97 Å². The summed E-state index contributed by atoms with van der Waals surface area (Å²) in [4.78, 5) is 26.0. The summed E-state index contributed by atoms with van der Waals surface area (Å²) < 4.78 is 1.77. The summed E-state index contributed by atoms with van der Waals surface area (Å²) in [7, 11) is 1.89. The third kappa shape index (κ3) is 4.05. The summed E-state index contributed by atoms with van der Waals surface area (Å²) in [5.74, 6) is 1.24. The molecule has 0 bridgehead atoms. The number of anilines is 1. The summed E-state index contributed by atoms with van der Waals surface area (Å²) in [6.07, 6.45) is 9.07. The smallest absolute Gasteiger partial charge is 0.223 e. The van der Waals surface area contributed by atoms with E-state index in [0.29, 0.717) is 0 Å². The van der Waals surface area contributed by atoms with Gasteiger partial charge in [-0.3, -0.25) is 9.48 Å². The predicted octanol–water partition coefficient (Wildman–Crippen LogP) is 1.18. The number of hydrogen-bond donors (Lipinski definition) is 1. The maximum atomic E-state index is 12.5. The minimum Gasteiger partial charge on any atom is -0.356 e. The molecule has 8 nitrogen and oxygen atoms in total. The molecule has 0 spiro atoms. The molecule has 0 radical (unpaired) electrons. The molecule has 0 saturated carbocycles. The molecule has 2 fully saturated rings. The van der Waals surface area contributed by atoms with Crippen LogP contribution < -0.4 is 10.2 Å². The second-order valence-corrected chi connectivity index (χ2v) is 7.66. The number of amides is 1. The number of carbonyl (C=O) groups excluding carboxylic acids is 1. The number of likely N-dealkylation sites (tertiary alicyclic amines) is 1. The molecule has 2 aromatic heterocycles. The SMILES string of the molecule is Cn1ncc2c(N3CCC(C(=O)NCCN4CCCCC4)CC3)ncnc21. The van der Waals surface area contributed by atoms with E-state index >= 15 is 0 Å². The lowest BCUT2D eigenvalue weighted by molar-refractivity contribution is -0.125. The summed E-state index contributed by atoms with van der Waals surface area (Å²) in [6, 6.07) is 0. The number of hydrogen-bond acceptors (Lipinski definition) is 6. The zero-order valence-corrected chi connectivity index (χ0v) is 16.1. The van der Waals surface area contributed by atoms with Crippen LogP contribution in [0.25, 0.3) is 11.0 Å². The minimum absolute atomic E-state index is 0.105. The van der Waals surface area contributed by atoms with E-state index in [1.54, 1.807) is 11.0 Å². The van der Waals surface area contributed by atoms with Crippen molar-refractivity contribution in [2.75, 3.05) is 44.2 Å². The Morgan fingerprint density at radius 3 is 2.70 bits per heavy atom. The maximum absolute atomic E-state index is 12.5. The molecule has 0 unspecified atom stereocenters. The second kappa shape index (κ2) is 8.21. The van der Waals surface area contributed by atoms with Crippen LogP contribution in [0, 0.1) is 5.92 Å². The molecular weight excluding hydrogens is 342 g/mol. The van der Waals surface area contributed by atoms with Gasteiger partial charge in [0.25, 0.3) is 0 Å². The molecule has 2 aliphatic heterocycles. The topological polar surface area (TPSA) is 79.2 Å². The van der Waals surface area contributed by atoms with Crippen LogP contribution in [-0.4, -0.2) is 69.8 Å². The van der Waals surface area contributed by atoms with Gasteiger partial charge in [-0.15, -0.1) is 0 Å². The van der Waals surface area contributed by atoms with Gasteiger partial charge in [0.05, 0.1) is 11.6 Å². The highest BCUT2D eigenvalue weighted by molar-refractivity contribution is 5.87. The van der Waals surface area contributed by atoms with Gasteiger partial charge >= 0.3 is 0 Å². The van der Waals surface area contributed by atoms with Gasteiger partial charge in [0.1, 0.15) is 12.1 Å². The molecule has 2 aliphatic rings. The predicted molar refractivity (Wildman–Crippen MR) is 105 cm³/mol. The lowest BCUT2D eigenvalue weighted by Gasteiger charge is -2.32. The first-order valence-corrected chi connectivity index (χ1v) is 10.1. The summed E-state index contributed by atoms with van der Waals surface area (Å²) >= 11 is 0. The number of rotatable bonds is 5. The van der Waals surface area contributed by atoms with Crippen LogP contribution in [0.2, 0.25) is 0 Å². The normalized spacial score (nSPS) is 19.5. The van der Waals surface area contributed by atoms with Crippen molar-refractivity contribution in [1.82, 2.24) is 30.0 Å². The van der Waals surface area contributed by atoms with Crippen molar-refractivity contribution in [1.29, 1.82) is 0 Å². The molecule has 4 rings (SSSR count). The molecule has 27 heavy (non-hydrogen) atoms. The third-order valence-corrected chi connectivity index (χ3v) is 5.85. The van der Waals surface area contributed by atoms with Gasteiger partial charge in [-0.2, -0.15) is 5.10 Å². The summed E-state index contributed by atoms with van der Waals surface area (Å²) in [5.41, 5.74) is 0.845. The monoisotopic (exact) mass is 371 g/mol. The molecule has 0 atom stereocenters. The Bertz CT molecular complexity index is 775. The molecule has 0 aliphatic carbocycles. The third-order valence-electron chi connectivity index (χ3n) is 5.85. The Morgan fingerprint density at radius 2 is 1.93 bits per heavy atom. The van der Waals surface area contributed by atoms with Crippen molar-refractivity contribution in [3.8, 4) is 0 Å². The Hall–Kier alpha value is -2.22. The highest BCUT2D eigenvalue weighted by Crippen LogP contribution is 2.27. The van der Waals surface area contributed by atoms with Crippen LogP contribution in [0.5, 0.6) is 0 Å².